The lowest BCUT2D eigenvalue weighted by molar-refractivity contribution is 0.0977. The SMILES string of the molecule is O=C(c1ccco1)c1nnc(-c2ccccc2)o1. The number of hydrogen-bond donors (Lipinski definition) is 0. The number of nitrogens with zero attached hydrogens (tertiary/aromatic N) is 2. The lowest BCUT2D eigenvalue weighted by atomic mass is 10.2. The Hall–Kier alpha value is -2.69. The van der Waals surface area contributed by atoms with Crippen molar-refractivity contribution in [2.24, 2.45) is 0 Å². The van der Waals surface area contributed by atoms with Gasteiger partial charge in [-0.05, 0) is 24.3 Å². The molecule has 0 fully saturated rings. The highest BCUT2D eigenvalue weighted by Crippen LogP contribution is 2.18. The zero-order valence-electron chi connectivity index (χ0n) is 9.24. The van der Waals surface area contributed by atoms with E-state index in [-0.39, 0.29) is 11.7 Å². The topological polar surface area (TPSA) is 69.1 Å². The molecule has 3 rings (SSSR count). The molecule has 0 aliphatic rings. The van der Waals surface area contributed by atoms with Gasteiger partial charge in [0.2, 0.25) is 5.89 Å². The number of hydrogen-bond acceptors (Lipinski definition) is 5. The molecule has 2 aromatic heterocycles. The average Bonchev–Trinajstić information content (AvgIpc) is 3.10. The van der Waals surface area contributed by atoms with Gasteiger partial charge in [0, 0.05) is 5.56 Å². The Morgan fingerprint density at radius 2 is 1.83 bits per heavy atom. The summed E-state index contributed by atoms with van der Waals surface area (Å²) in [6.45, 7) is 0. The van der Waals surface area contributed by atoms with Gasteiger partial charge < -0.3 is 8.83 Å². The molecule has 0 saturated carbocycles. The summed E-state index contributed by atoms with van der Waals surface area (Å²) in [6, 6.07) is 12.4. The number of rotatable bonds is 3. The molecule has 0 N–H and O–H groups in total. The maximum Gasteiger partial charge on any atom is 0.292 e. The Kier molecular flexibility index (Phi) is 2.49. The molecule has 1 aromatic carbocycles. The van der Waals surface area contributed by atoms with Crippen LogP contribution in [0, 0.1) is 0 Å². The third-order valence-corrected chi connectivity index (χ3v) is 2.38. The van der Waals surface area contributed by atoms with Crippen LogP contribution in [0.2, 0.25) is 0 Å². The Morgan fingerprint density at radius 3 is 2.56 bits per heavy atom. The molecule has 3 aromatic rings. The molecule has 0 spiro atoms. The molecule has 18 heavy (non-hydrogen) atoms. The summed E-state index contributed by atoms with van der Waals surface area (Å²) < 4.78 is 10.3. The number of benzene rings is 1. The van der Waals surface area contributed by atoms with Crippen LogP contribution < -0.4 is 0 Å². The first-order valence-corrected chi connectivity index (χ1v) is 5.32. The first kappa shape index (κ1) is 10.5. The maximum absolute atomic E-state index is 11.9. The van der Waals surface area contributed by atoms with Crippen LogP contribution in [0.15, 0.2) is 57.6 Å². The lowest BCUT2D eigenvalue weighted by Gasteiger charge is -1.92. The van der Waals surface area contributed by atoms with Crippen LogP contribution in [0.1, 0.15) is 16.4 Å². The number of carbonyl (C=O) groups excluding carboxylic acids is 1. The highest BCUT2D eigenvalue weighted by molar-refractivity contribution is 6.03. The van der Waals surface area contributed by atoms with E-state index in [1.807, 2.05) is 30.3 Å². The second-order valence-corrected chi connectivity index (χ2v) is 3.58. The van der Waals surface area contributed by atoms with E-state index >= 15 is 0 Å². The molecule has 0 radical (unpaired) electrons. The maximum atomic E-state index is 11.9. The van der Waals surface area contributed by atoms with Crippen molar-refractivity contribution in [2.45, 2.75) is 0 Å². The predicted molar refractivity (Wildman–Crippen MR) is 61.9 cm³/mol. The summed E-state index contributed by atoms with van der Waals surface area (Å²) in [6.07, 6.45) is 1.42. The van der Waals surface area contributed by atoms with Crippen LogP contribution in [0.25, 0.3) is 11.5 Å². The van der Waals surface area contributed by atoms with Gasteiger partial charge in [-0.3, -0.25) is 4.79 Å². The van der Waals surface area contributed by atoms with Crippen LogP contribution in [0.5, 0.6) is 0 Å². The molecule has 5 heteroatoms. The molecule has 0 aliphatic carbocycles. The molecule has 5 nitrogen and oxygen atoms in total. The summed E-state index contributed by atoms with van der Waals surface area (Å²) in [5.74, 6) is -0.0118. The zero-order valence-corrected chi connectivity index (χ0v) is 9.24. The van der Waals surface area contributed by atoms with Crippen LogP contribution in [-0.4, -0.2) is 16.0 Å². The normalized spacial score (nSPS) is 10.4. The van der Waals surface area contributed by atoms with Crippen LogP contribution in [0.4, 0.5) is 0 Å². The van der Waals surface area contributed by atoms with E-state index < -0.39 is 5.78 Å². The molecular formula is C13H8N2O3. The summed E-state index contributed by atoms with van der Waals surface area (Å²) in [5, 5.41) is 7.56. The van der Waals surface area contributed by atoms with Gasteiger partial charge in [-0.15, -0.1) is 10.2 Å². The smallest absolute Gasteiger partial charge is 0.292 e. The molecular weight excluding hydrogens is 232 g/mol. The standard InChI is InChI=1S/C13H8N2O3/c16-11(10-7-4-8-17-10)13-15-14-12(18-13)9-5-2-1-3-6-9/h1-8H. The van der Waals surface area contributed by atoms with Gasteiger partial charge in [0.05, 0.1) is 6.26 Å². The Labute approximate surface area is 102 Å². The largest absolute Gasteiger partial charge is 0.461 e. The summed E-state index contributed by atoms with van der Waals surface area (Å²) in [5.41, 5.74) is 0.767. The van der Waals surface area contributed by atoms with Gasteiger partial charge in [0.15, 0.2) is 5.76 Å². The lowest BCUT2D eigenvalue weighted by Crippen LogP contribution is -1.99. The van der Waals surface area contributed by atoms with E-state index in [4.69, 9.17) is 8.83 Å². The first-order chi connectivity index (χ1) is 8.84. The summed E-state index contributed by atoms with van der Waals surface area (Å²) in [4.78, 5) is 11.9. The fraction of sp³-hybridized carbons (Fsp3) is 0. The average molecular weight is 240 g/mol. The van der Waals surface area contributed by atoms with Gasteiger partial charge in [0.25, 0.3) is 11.7 Å². The molecule has 0 bridgehead atoms. The fourth-order valence-corrected chi connectivity index (χ4v) is 1.53. The quantitative estimate of drug-likeness (QED) is 0.658. The monoisotopic (exact) mass is 240 g/mol. The van der Waals surface area contributed by atoms with E-state index in [1.165, 1.54) is 6.26 Å². The van der Waals surface area contributed by atoms with Gasteiger partial charge in [-0.1, -0.05) is 18.2 Å². The van der Waals surface area contributed by atoms with Crippen molar-refractivity contribution in [1.29, 1.82) is 0 Å². The van der Waals surface area contributed by atoms with Crippen molar-refractivity contribution in [3.63, 3.8) is 0 Å². The second-order valence-electron chi connectivity index (χ2n) is 3.58. The van der Waals surface area contributed by atoms with Crippen molar-refractivity contribution in [3.8, 4) is 11.5 Å². The molecule has 0 unspecified atom stereocenters. The Morgan fingerprint density at radius 1 is 1.00 bits per heavy atom. The van der Waals surface area contributed by atoms with E-state index in [9.17, 15) is 4.79 Å². The van der Waals surface area contributed by atoms with Gasteiger partial charge >= 0.3 is 0 Å². The van der Waals surface area contributed by atoms with Crippen LogP contribution in [-0.2, 0) is 0 Å². The number of ketones is 1. The first-order valence-electron chi connectivity index (χ1n) is 5.32. The summed E-state index contributed by atoms with van der Waals surface area (Å²) in [7, 11) is 0. The Bertz CT molecular complexity index is 657. The van der Waals surface area contributed by atoms with E-state index in [1.54, 1.807) is 12.1 Å². The van der Waals surface area contributed by atoms with Crippen LogP contribution in [0.3, 0.4) is 0 Å². The minimum Gasteiger partial charge on any atom is -0.461 e. The third-order valence-electron chi connectivity index (χ3n) is 2.38. The van der Waals surface area contributed by atoms with E-state index in [0.717, 1.165) is 5.56 Å². The van der Waals surface area contributed by atoms with Crippen molar-refractivity contribution in [2.75, 3.05) is 0 Å². The molecule has 0 atom stereocenters. The predicted octanol–water partition coefficient (Wildman–Crippen LogP) is 2.56. The molecule has 88 valence electrons. The van der Waals surface area contributed by atoms with Crippen molar-refractivity contribution < 1.29 is 13.6 Å². The minimum atomic E-state index is -0.422. The van der Waals surface area contributed by atoms with E-state index in [0.29, 0.717) is 5.89 Å². The summed E-state index contributed by atoms with van der Waals surface area (Å²) >= 11 is 0. The Balaban J connectivity index is 1.93. The fourth-order valence-electron chi connectivity index (χ4n) is 1.53. The zero-order chi connectivity index (χ0) is 12.4. The molecule has 0 saturated heterocycles. The van der Waals surface area contributed by atoms with E-state index in [2.05, 4.69) is 10.2 Å². The van der Waals surface area contributed by atoms with Gasteiger partial charge in [-0.25, -0.2) is 0 Å². The van der Waals surface area contributed by atoms with Crippen molar-refractivity contribution >= 4 is 5.78 Å². The highest BCUT2D eigenvalue weighted by Gasteiger charge is 2.19. The third kappa shape index (κ3) is 1.82. The number of furan rings is 1. The van der Waals surface area contributed by atoms with Crippen LogP contribution >= 0.6 is 0 Å². The highest BCUT2D eigenvalue weighted by atomic mass is 16.4. The van der Waals surface area contributed by atoms with Crippen molar-refractivity contribution in [1.82, 2.24) is 10.2 Å². The second kappa shape index (κ2) is 4.29. The van der Waals surface area contributed by atoms with Crippen molar-refractivity contribution in [3.05, 3.63) is 60.4 Å². The number of carbonyl (C=O) groups is 1. The molecule has 2 heterocycles. The number of aromatic nitrogens is 2. The van der Waals surface area contributed by atoms with Gasteiger partial charge in [0.1, 0.15) is 0 Å². The molecule has 0 amide bonds. The van der Waals surface area contributed by atoms with Gasteiger partial charge in [-0.2, -0.15) is 0 Å². The minimum absolute atomic E-state index is 0.0798. The molecule has 0 aliphatic heterocycles.